The molecule has 1 atom stereocenters. The summed E-state index contributed by atoms with van der Waals surface area (Å²) in [7, 11) is 0. The summed E-state index contributed by atoms with van der Waals surface area (Å²) in [5, 5.41) is 6.93. The van der Waals surface area contributed by atoms with E-state index in [2.05, 4.69) is 36.3 Å². The molecule has 0 aromatic carbocycles. The molecule has 0 amide bonds. The molecule has 154 valence electrons. The van der Waals surface area contributed by atoms with Crippen molar-refractivity contribution in [2.75, 3.05) is 64.9 Å². The lowest BCUT2D eigenvalue weighted by atomic mass is 9.99. The van der Waals surface area contributed by atoms with Crippen LogP contribution in [0.5, 0.6) is 0 Å². The van der Waals surface area contributed by atoms with Gasteiger partial charge in [0.1, 0.15) is 0 Å². The Bertz CT molecular complexity index is 397. The van der Waals surface area contributed by atoms with E-state index in [9.17, 15) is 0 Å². The monoisotopic (exact) mass is 500 g/mol. The summed E-state index contributed by atoms with van der Waals surface area (Å²) >= 11 is 2.04. The van der Waals surface area contributed by atoms with Crippen molar-refractivity contribution in [3.05, 3.63) is 0 Å². The second kappa shape index (κ2) is 13.4. The predicted octanol–water partition coefficient (Wildman–Crippen LogP) is 2.18. The average Bonchev–Trinajstić information content (AvgIpc) is 2.65. The van der Waals surface area contributed by atoms with Crippen molar-refractivity contribution in [2.24, 2.45) is 4.99 Å². The zero-order valence-electron chi connectivity index (χ0n) is 16.6. The van der Waals surface area contributed by atoms with Crippen molar-refractivity contribution >= 4 is 41.7 Å². The van der Waals surface area contributed by atoms with Crippen molar-refractivity contribution in [3.63, 3.8) is 0 Å². The van der Waals surface area contributed by atoms with E-state index in [1.807, 2.05) is 11.8 Å². The SMILES string of the molecule is CCNC(=NCC1(SCC)CCOCC1)NCC(C)N1CCOCC1.I. The van der Waals surface area contributed by atoms with Gasteiger partial charge in [-0.05, 0) is 32.4 Å². The number of hydrogen-bond acceptors (Lipinski definition) is 5. The molecule has 2 fully saturated rings. The molecule has 0 bridgehead atoms. The molecule has 0 aliphatic carbocycles. The number of hydrogen-bond donors (Lipinski definition) is 2. The first-order chi connectivity index (χ1) is 12.2. The fourth-order valence-electron chi connectivity index (χ4n) is 3.35. The van der Waals surface area contributed by atoms with E-state index in [1.165, 1.54) is 0 Å². The Morgan fingerprint density at radius 3 is 2.38 bits per heavy atom. The fraction of sp³-hybridized carbons (Fsp3) is 0.944. The van der Waals surface area contributed by atoms with Gasteiger partial charge in [0.25, 0.3) is 0 Å². The fourth-order valence-corrected chi connectivity index (χ4v) is 4.58. The van der Waals surface area contributed by atoms with Crippen molar-refractivity contribution in [1.29, 1.82) is 0 Å². The van der Waals surface area contributed by atoms with Crippen molar-refractivity contribution in [1.82, 2.24) is 15.5 Å². The maximum atomic E-state index is 5.56. The highest BCUT2D eigenvalue weighted by Crippen LogP contribution is 2.35. The topological polar surface area (TPSA) is 58.1 Å². The van der Waals surface area contributed by atoms with Crippen LogP contribution < -0.4 is 10.6 Å². The smallest absolute Gasteiger partial charge is 0.191 e. The predicted molar refractivity (Wildman–Crippen MR) is 122 cm³/mol. The molecule has 0 saturated carbocycles. The van der Waals surface area contributed by atoms with E-state index >= 15 is 0 Å². The van der Waals surface area contributed by atoms with Crippen LogP contribution in [0.3, 0.4) is 0 Å². The number of guanidine groups is 1. The quantitative estimate of drug-likeness (QED) is 0.303. The minimum absolute atomic E-state index is 0. The van der Waals surface area contributed by atoms with Gasteiger partial charge in [-0.25, -0.2) is 0 Å². The average molecular weight is 500 g/mol. The van der Waals surface area contributed by atoms with Crippen LogP contribution in [0.1, 0.15) is 33.6 Å². The highest BCUT2D eigenvalue weighted by atomic mass is 127. The molecular weight excluding hydrogens is 463 g/mol. The van der Waals surface area contributed by atoms with Gasteiger partial charge in [-0.15, -0.1) is 24.0 Å². The Morgan fingerprint density at radius 1 is 1.12 bits per heavy atom. The molecule has 2 rings (SSSR count). The number of nitrogens with zero attached hydrogens (tertiary/aromatic N) is 2. The Kier molecular flexibility index (Phi) is 12.5. The minimum atomic E-state index is 0. The van der Waals surface area contributed by atoms with Gasteiger partial charge in [0.15, 0.2) is 5.96 Å². The lowest BCUT2D eigenvalue weighted by molar-refractivity contribution is 0.0211. The van der Waals surface area contributed by atoms with E-state index in [-0.39, 0.29) is 28.7 Å². The molecule has 2 aliphatic rings. The zero-order valence-corrected chi connectivity index (χ0v) is 19.7. The number of rotatable bonds is 8. The van der Waals surface area contributed by atoms with Crippen LogP contribution in [-0.2, 0) is 9.47 Å². The number of aliphatic imine (C=N–C) groups is 1. The zero-order chi connectivity index (χ0) is 18.0. The van der Waals surface area contributed by atoms with Crippen LogP contribution in [0.4, 0.5) is 0 Å². The number of morpholine rings is 1. The van der Waals surface area contributed by atoms with E-state index in [0.717, 1.165) is 83.7 Å². The Balaban J connectivity index is 0.00000338. The number of ether oxygens (including phenoxy) is 2. The summed E-state index contributed by atoms with van der Waals surface area (Å²) in [6.07, 6.45) is 2.19. The number of halogens is 1. The third kappa shape index (κ3) is 8.08. The van der Waals surface area contributed by atoms with Gasteiger partial charge in [0.2, 0.25) is 0 Å². The molecule has 0 spiro atoms. The summed E-state index contributed by atoms with van der Waals surface area (Å²) in [4.78, 5) is 7.40. The maximum absolute atomic E-state index is 5.56. The summed E-state index contributed by atoms with van der Waals surface area (Å²) in [6, 6.07) is 0.481. The highest BCUT2D eigenvalue weighted by molar-refractivity contribution is 14.0. The Hall–Kier alpha value is 0.230. The molecule has 0 aromatic heterocycles. The number of thioether (sulfide) groups is 1. The standard InChI is InChI=1S/C18H36N4O2S.HI/c1-4-19-17(20-14-16(3)22-8-12-24-13-9-22)21-15-18(25-5-2)6-10-23-11-7-18;/h16H,4-15H2,1-3H3,(H2,19,20,21);1H. The molecule has 1 unspecified atom stereocenters. The summed E-state index contributed by atoms with van der Waals surface area (Å²) in [6.45, 7) is 14.7. The third-order valence-corrected chi connectivity index (χ3v) is 6.40. The van der Waals surface area contributed by atoms with Crippen LogP contribution in [0.15, 0.2) is 4.99 Å². The molecule has 26 heavy (non-hydrogen) atoms. The highest BCUT2D eigenvalue weighted by Gasteiger charge is 2.32. The van der Waals surface area contributed by atoms with Gasteiger partial charge in [-0.2, -0.15) is 11.8 Å². The normalized spacial score (nSPS) is 22.3. The van der Waals surface area contributed by atoms with Gasteiger partial charge in [-0.3, -0.25) is 9.89 Å². The van der Waals surface area contributed by atoms with Crippen LogP contribution in [-0.4, -0.2) is 86.6 Å². The van der Waals surface area contributed by atoms with Gasteiger partial charge < -0.3 is 20.1 Å². The molecule has 2 aliphatic heterocycles. The van der Waals surface area contributed by atoms with E-state index in [0.29, 0.717) is 6.04 Å². The molecule has 0 radical (unpaired) electrons. The lowest BCUT2D eigenvalue weighted by Gasteiger charge is -2.35. The van der Waals surface area contributed by atoms with Crippen LogP contribution in [0.2, 0.25) is 0 Å². The van der Waals surface area contributed by atoms with Crippen molar-refractivity contribution in [2.45, 2.75) is 44.4 Å². The number of nitrogens with one attached hydrogen (secondary N) is 2. The maximum Gasteiger partial charge on any atom is 0.191 e. The second-order valence-electron chi connectivity index (χ2n) is 6.80. The van der Waals surface area contributed by atoms with Crippen LogP contribution in [0.25, 0.3) is 0 Å². The lowest BCUT2D eigenvalue weighted by Crippen LogP contribution is -2.49. The van der Waals surface area contributed by atoms with Gasteiger partial charge in [-0.1, -0.05) is 6.92 Å². The summed E-state index contributed by atoms with van der Waals surface area (Å²) < 4.78 is 11.2. The second-order valence-corrected chi connectivity index (χ2v) is 8.53. The van der Waals surface area contributed by atoms with E-state index in [4.69, 9.17) is 14.5 Å². The van der Waals surface area contributed by atoms with Gasteiger partial charge in [0.05, 0.1) is 19.8 Å². The molecule has 2 heterocycles. The first kappa shape index (κ1) is 24.3. The minimum Gasteiger partial charge on any atom is -0.381 e. The summed E-state index contributed by atoms with van der Waals surface area (Å²) in [5.74, 6) is 2.07. The van der Waals surface area contributed by atoms with Crippen LogP contribution in [0, 0.1) is 0 Å². The molecule has 6 nitrogen and oxygen atoms in total. The van der Waals surface area contributed by atoms with Crippen molar-refractivity contribution < 1.29 is 9.47 Å². The molecule has 2 saturated heterocycles. The van der Waals surface area contributed by atoms with Crippen LogP contribution >= 0.6 is 35.7 Å². The first-order valence-electron chi connectivity index (χ1n) is 9.75. The van der Waals surface area contributed by atoms with Gasteiger partial charge in [0, 0.05) is 50.2 Å². The first-order valence-corrected chi connectivity index (χ1v) is 10.7. The molecule has 2 N–H and O–H groups in total. The van der Waals surface area contributed by atoms with E-state index in [1.54, 1.807) is 0 Å². The summed E-state index contributed by atoms with van der Waals surface area (Å²) in [5.41, 5.74) is 0. The third-order valence-electron chi connectivity index (χ3n) is 4.96. The Morgan fingerprint density at radius 2 is 1.77 bits per heavy atom. The molecule has 0 aromatic rings. The molecular formula is C18H37IN4O2S. The van der Waals surface area contributed by atoms with Crippen molar-refractivity contribution in [3.8, 4) is 0 Å². The largest absolute Gasteiger partial charge is 0.381 e. The Labute approximate surface area is 180 Å². The van der Waals surface area contributed by atoms with Gasteiger partial charge >= 0.3 is 0 Å². The van der Waals surface area contributed by atoms with E-state index < -0.39 is 0 Å². The molecule has 8 heteroatoms.